The van der Waals surface area contributed by atoms with Gasteiger partial charge in [0.15, 0.2) is 0 Å². The summed E-state index contributed by atoms with van der Waals surface area (Å²) in [6, 6.07) is 16.0. The molecule has 6 rings (SSSR count). The minimum atomic E-state index is -0.124. The molecule has 2 N–H and O–H groups in total. The fourth-order valence-electron chi connectivity index (χ4n) is 4.53. The highest BCUT2D eigenvalue weighted by atomic mass is 32.1. The Bertz CT molecular complexity index is 1250. The highest BCUT2D eigenvalue weighted by molar-refractivity contribution is 7.17. The van der Waals surface area contributed by atoms with E-state index in [0.29, 0.717) is 37.1 Å². The van der Waals surface area contributed by atoms with Crippen molar-refractivity contribution in [3.8, 4) is 10.4 Å². The number of aromatic nitrogens is 1. The second-order valence-electron chi connectivity index (χ2n) is 9.05. The number of benzene rings is 1. The molecule has 2 amide bonds. The molecule has 0 bridgehead atoms. The average Bonchev–Trinajstić information content (AvgIpc) is 3.37. The smallest absolute Gasteiger partial charge is 0.276 e. The van der Waals surface area contributed by atoms with Gasteiger partial charge in [-0.25, -0.2) is 4.98 Å². The van der Waals surface area contributed by atoms with Crippen LogP contribution in [-0.4, -0.2) is 48.6 Å². The topological polar surface area (TPSA) is 83.6 Å². The lowest BCUT2D eigenvalue weighted by Crippen LogP contribution is -2.33. The van der Waals surface area contributed by atoms with Crippen LogP contribution in [0, 0.1) is 0 Å². The van der Waals surface area contributed by atoms with E-state index in [1.807, 2.05) is 47.4 Å². The fraction of sp³-hybridized carbons (Fsp3) is 0.346. The second kappa shape index (κ2) is 8.85. The lowest BCUT2D eigenvalue weighted by atomic mass is 10.1. The minimum absolute atomic E-state index is 0.00663. The maximum absolute atomic E-state index is 13.6. The summed E-state index contributed by atoms with van der Waals surface area (Å²) in [5.41, 5.74) is 3.36. The first-order valence-corrected chi connectivity index (χ1v) is 12.6. The van der Waals surface area contributed by atoms with Crippen molar-refractivity contribution in [1.82, 2.24) is 10.3 Å². The molecule has 1 aliphatic carbocycles. The number of hydrogen-bond donors (Lipinski definition) is 2. The molecule has 2 aromatic heterocycles. The zero-order chi connectivity index (χ0) is 23.1. The van der Waals surface area contributed by atoms with Gasteiger partial charge in [-0.3, -0.25) is 9.59 Å². The Balaban J connectivity index is 1.29. The number of ether oxygens (including phenoxy) is 1. The van der Waals surface area contributed by atoms with Crippen molar-refractivity contribution < 1.29 is 14.3 Å². The number of amides is 2. The van der Waals surface area contributed by atoms with Gasteiger partial charge in [0.1, 0.15) is 11.5 Å². The normalized spacial score (nSPS) is 19.2. The van der Waals surface area contributed by atoms with Gasteiger partial charge >= 0.3 is 0 Å². The Morgan fingerprint density at radius 2 is 1.94 bits per heavy atom. The molecule has 174 valence electrons. The zero-order valence-corrected chi connectivity index (χ0v) is 19.6. The highest BCUT2D eigenvalue weighted by Crippen LogP contribution is 2.42. The molecule has 1 saturated carbocycles. The van der Waals surface area contributed by atoms with Crippen LogP contribution in [0.25, 0.3) is 10.4 Å². The molecule has 7 nitrogen and oxygen atoms in total. The number of nitrogens with one attached hydrogen (secondary N) is 2. The molecule has 0 radical (unpaired) electrons. The van der Waals surface area contributed by atoms with E-state index < -0.39 is 0 Å². The molecule has 0 spiro atoms. The molecule has 4 heterocycles. The predicted octanol–water partition coefficient (Wildman–Crippen LogP) is 4.11. The third-order valence-corrected chi connectivity index (χ3v) is 7.69. The zero-order valence-electron chi connectivity index (χ0n) is 18.8. The van der Waals surface area contributed by atoms with Crippen molar-refractivity contribution in [2.24, 2.45) is 0 Å². The van der Waals surface area contributed by atoms with Crippen molar-refractivity contribution in [3.05, 3.63) is 64.7 Å². The summed E-state index contributed by atoms with van der Waals surface area (Å²) in [6.07, 6.45) is 3.74. The summed E-state index contributed by atoms with van der Waals surface area (Å²) in [5.74, 6) is 0.572. The first-order chi connectivity index (χ1) is 16.7. The van der Waals surface area contributed by atoms with Gasteiger partial charge in [-0.2, -0.15) is 0 Å². The first kappa shape index (κ1) is 21.3. The number of pyridine rings is 1. The quantitative estimate of drug-likeness (QED) is 0.582. The van der Waals surface area contributed by atoms with Crippen molar-refractivity contribution in [3.63, 3.8) is 0 Å². The Morgan fingerprint density at radius 3 is 2.76 bits per heavy atom. The van der Waals surface area contributed by atoms with Crippen LogP contribution in [0.1, 0.15) is 45.0 Å². The number of hydrogen-bond acceptors (Lipinski definition) is 6. The van der Waals surface area contributed by atoms with E-state index in [2.05, 4.69) is 15.6 Å². The summed E-state index contributed by atoms with van der Waals surface area (Å²) in [7, 11) is 0. The van der Waals surface area contributed by atoms with E-state index in [1.54, 1.807) is 6.07 Å². The van der Waals surface area contributed by atoms with Gasteiger partial charge in [-0.05, 0) is 55.5 Å². The molecule has 3 aliphatic rings. The summed E-state index contributed by atoms with van der Waals surface area (Å²) in [4.78, 5) is 34.5. The molecule has 34 heavy (non-hydrogen) atoms. The van der Waals surface area contributed by atoms with Gasteiger partial charge in [0.05, 0.1) is 23.2 Å². The molecule has 1 aromatic carbocycles. The Morgan fingerprint density at radius 1 is 1.06 bits per heavy atom. The number of thiophene rings is 1. The minimum Gasteiger partial charge on any atom is -0.379 e. The van der Waals surface area contributed by atoms with Crippen LogP contribution in [0.2, 0.25) is 0 Å². The van der Waals surface area contributed by atoms with E-state index in [9.17, 15) is 9.59 Å². The van der Waals surface area contributed by atoms with Crippen molar-refractivity contribution >= 4 is 34.7 Å². The molecule has 2 fully saturated rings. The number of rotatable bonds is 5. The van der Waals surface area contributed by atoms with E-state index in [0.717, 1.165) is 52.4 Å². The van der Waals surface area contributed by atoms with Crippen LogP contribution < -0.4 is 15.5 Å². The van der Waals surface area contributed by atoms with Gasteiger partial charge in [0, 0.05) is 29.6 Å². The lowest BCUT2D eigenvalue weighted by molar-refractivity contribution is 0.0952. The Kier molecular flexibility index (Phi) is 5.55. The maximum atomic E-state index is 13.6. The van der Waals surface area contributed by atoms with E-state index in [1.165, 1.54) is 11.3 Å². The monoisotopic (exact) mass is 474 g/mol. The molecular weight excluding hydrogens is 448 g/mol. The van der Waals surface area contributed by atoms with Crippen LogP contribution in [0.3, 0.4) is 0 Å². The van der Waals surface area contributed by atoms with Gasteiger partial charge in [-0.1, -0.05) is 24.3 Å². The lowest BCUT2D eigenvalue weighted by Gasteiger charge is -2.23. The first-order valence-electron chi connectivity index (χ1n) is 11.8. The molecule has 1 unspecified atom stereocenters. The van der Waals surface area contributed by atoms with Crippen LogP contribution in [0.5, 0.6) is 0 Å². The van der Waals surface area contributed by atoms with Crippen LogP contribution in [0.4, 0.5) is 11.5 Å². The van der Waals surface area contributed by atoms with Crippen LogP contribution in [0.15, 0.2) is 48.5 Å². The van der Waals surface area contributed by atoms with E-state index in [4.69, 9.17) is 4.74 Å². The van der Waals surface area contributed by atoms with Crippen LogP contribution >= 0.6 is 11.3 Å². The van der Waals surface area contributed by atoms with Gasteiger partial charge < -0.3 is 20.3 Å². The summed E-state index contributed by atoms with van der Waals surface area (Å²) < 4.78 is 5.43. The fourth-order valence-corrected chi connectivity index (χ4v) is 5.68. The third-order valence-electron chi connectivity index (χ3n) is 6.48. The molecule has 1 saturated heterocycles. The van der Waals surface area contributed by atoms with Gasteiger partial charge in [0.25, 0.3) is 11.8 Å². The number of carbonyl (C=O) groups is 2. The van der Waals surface area contributed by atoms with Gasteiger partial charge in [0.2, 0.25) is 0 Å². The summed E-state index contributed by atoms with van der Waals surface area (Å²) in [5, 5.41) is 6.46. The summed E-state index contributed by atoms with van der Waals surface area (Å²) >= 11 is 1.51. The molecule has 8 heteroatoms. The largest absolute Gasteiger partial charge is 0.379 e. The number of para-hydroxylation sites is 1. The standard InChI is InChI=1S/C26H26N4O3S/c31-25(28-17-8-9-17)22-14-16-10-12-30(21-6-2-1-4-19(21)24(16)34-22)26(32)20-5-3-7-23(29-20)27-18-11-13-33-15-18/h1-7,14,17-18H,8-13,15H2,(H,27,29)(H,28,31). The Labute approximate surface area is 202 Å². The van der Waals surface area contributed by atoms with Crippen LogP contribution in [-0.2, 0) is 11.2 Å². The van der Waals surface area contributed by atoms with Crippen molar-refractivity contribution in [2.45, 2.75) is 37.8 Å². The van der Waals surface area contributed by atoms with E-state index in [-0.39, 0.29) is 17.9 Å². The van der Waals surface area contributed by atoms with E-state index >= 15 is 0 Å². The number of carbonyl (C=O) groups excluding carboxylic acids is 2. The SMILES string of the molecule is O=C(NC1CC1)c1cc2c(s1)-c1ccccc1N(C(=O)c1cccc(NC3CCOC3)n1)CC2. The number of fused-ring (bicyclic) bond motifs is 3. The molecule has 2 aliphatic heterocycles. The van der Waals surface area contributed by atoms with Crippen molar-refractivity contribution in [1.29, 1.82) is 0 Å². The molecule has 3 aromatic rings. The average molecular weight is 475 g/mol. The number of nitrogens with zero attached hydrogens (tertiary/aromatic N) is 2. The predicted molar refractivity (Wildman–Crippen MR) is 133 cm³/mol. The summed E-state index contributed by atoms with van der Waals surface area (Å²) in [6.45, 7) is 1.93. The third kappa shape index (κ3) is 4.19. The second-order valence-corrected chi connectivity index (χ2v) is 10.1. The Hall–Kier alpha value is -3.23. The van der Waals surface area contributed by atoms with Crippen molar-refractivity contribution in [2.75, 3.05) is 30.0 Å². The van der Waals surface area contributed by atoms with Gasteiger partial charge in [-0.15, -0.1) is 11.3 Å². The molecular formula is C26H26N4O3S. The maximum Gasteiger partial charge on any atom is 0.276 e. The molecule has 1 atom stereocenters. The highest BCUT2D eigenvalue weighted by Gasteiger charge is 2.30. The number of anilines is 2.